The van der Waals surface area contributed by atoms with Gasteiger partial charge in [-0.15, -0.1) is 0 Å². The maximum atomic E-state index is 12.6. The first-order chi connectivity index (χ1) is 10.3. The Balaban J connectivity index is 2.12. The summed E-state index contributed by atoms with van der Waals surface area (Å²) >= 11 is -0.205. The van der Waals surface area contributed by atoms with Gasteiger partial charge >= 0.3 is 11.5 Å². The van der Waals surface area contributed by atoms with Crippen molar-refractivity contribution in [3.8, 4) is 5.75 Å². The Labute approximate surface area is 130 Å². The van der Waals surface area contributed by atoms with E-state index in [1.165, 1.54) is 26.4 Å². The molecule has 0 radical (unpaired) electrons. The standard InChI is InChI=1S/C14H16F3NO3S/c1-20-11-4-3-9(7-12(11)22-14(15,16)17)8-18-6-5-10(18)13(19)21-2/h3-4,7,10H,5-6,8H2,1-2H3. The van der Waals surface area contributed by atoms with Crippen molar-refractivity contribution in [2.75, 3.05) is 20.8 Å². The number of rotatable bonds is 5. The van der Waals surface area contributed by atoms with Gasteiger partial charge in [0, 0.05) is 13.1 Å². The van der Waals surface area contributed by atoms with Crippen LogP contribution in [0.3, 0.4) is 0 Å². The zero-order chi connectivity index (χ0) is 16.3. The maximum absolute atomic E-state index is 12.6. The summed E-state index contributed by atoms with van der Waals surface area (Å²) in [5.41, 5.74) is -3.68. The second kappa shape index (κ2) is 6.78. The third-order valence-electron chi connectivity index (χ3n) is 3.44. The molecule has 1 atom stereocenters. The molecule has 1 saturated heterocycles. The minimum Gasteiger partial charge on any atom is -0.496 e. The highest BCUT2D eigenvalue weighted by Gasteiger charge is 2.35. The van der Waals surface area contributed by atoms with Crippen LogP contribution < -0.4 is 4.74 Å². The van der Waals surface area contributed by atoms with E-state index < -0.39 is 5.51 Å². The Kier molecular flexibility index (Phi) is 5.23. The number of hydrogen-bond acceptors (Lipinski definition) is 5. The smallest absolute Gasteiger partial charge is 0.446 e. The van der Waals surface area contributed by atoms with Gasteiger partial charge in [-0.1, -0.05) is 6.07 Å². The monoisotopic (exact) mass is 335 g/mol. The van der Waals surface area contributed by atoms with E-state index in [2.05, 4.69) is 0 Å². The van der Waals surface area contributed by atoms with Crippen molar-refractivity contribution in [3.05, 3.63) is 23.8 Å². The van der Waals surface area contributed by atoms with Crippen molar-refractivity contribution in [1.29, 1.82) is 0 Å². The molecule has 2 rings (SSSR count). The molecule has 0 saturated carbocycles. The molecule has 4 nitrogen and oxygen atoms in total. The Morgan fingerprint density at radius 1 is 1.41 bits per heavy atom. The molecule has 8 heteroatoms. The molecule has 0 bridgehead atoms. The lowest BCUT2D eigenvalue weighted by Gasteiger charge is -2.38. The fourth-order valence-corrected chi connectivity index (χ4v) is 3.00. The molecule has 1 fully saturated rings. The van der Waals surface area contributed by atoms with Crippen LogP contribution in [0.25, 0.3) is 0 Å². The summed E-state index contributed by atoms with van der Waals surface area (Å²) in [4.78, 5) is 13.4. The van der Waals surface area contributed by atoms with Crippen LogP contribution in [0.1, 0.15) is 12.0 Å². The van der Waals surface area contributed by atoms with E-state index in [0.717, 1.165) is 0 Å². The van der Waals surface area contributed by atoms with Gasteiger partial charge in [-0.05, 0) is 35.9 Å². The van der Waals surface area contributed by atoms with Gasteiger partial charge in [-0.2, -0.15) is 13.2 Å². The molecule has 1 aromatic carbocycles. The van der Waals surface area contributed by atoms with E-state index in [9.17, 15) is 18.0 Å². The quantitative estimate of drug-likeness (QED) is 0.611. The van der Waals surface area contributed by atoms with Crippen LogP contribution in [0.2, 0.25) is 0 Å². The van der Waals surface area contributed by atoms with E-state index in [4.69, 9.17) is 9.47 Å². The average molecular weight is 335 g/mol. The minimum absolute atomic E-state index is 0.0163. The zero-order valence-electron chi connectivity index (χ0n) is 12.1. The highest BCUT2D eigenvalue weighted by atomic mass is 32.2. The average Bonchev–Trinajstić information content (AvgIpc) is 2.42. The third kappa shape index (κ3) is 4.07. The number of esters is 1. The molecule has 122 valence electrons. The van der Waals surface area contributed by atoms with Crippen LogP contribution in [0.4, 0.5) is 13.2 Å². The maximum Gasteiger partial charge on any atom is 0.446 e. The van der Waals surface area contributed by atoms with Gasteiger partial charge < -0.3 is 9.47 Å². The van der Waals surface area contributed by atoms with Gasteiger partial charge in [0.15, 0.2) is 0 Å². The van der Waals surface area contributed by atoms with Gasteiger partial charge in [-0.3, -0.25) is 9.69 Å². The van der Waals surface area contributed by atoms with Crippen molar-refractivity contribution in [1.82, 2.24) is 4.90 Å². The molecular formula is C14H16F3NO3S. The number of carbonyl (C=O) groups excluding carboxylic acids is 1. The van der Waals surface area contributed by atoms with E-state index >= 15 is 0 Å². The summed E-state index contributed by atoms with van der Waals surface area (Å²) in [6.07, 6.45) is 0.701. The van der Waals surface area contributed by atoms with Crippen LogP contribution >= 0.6 is 11.8 Å². The second-order valence-corrected chi connectivity index (χ2v) is 5.94. The molecule has 0 amide bonds. The number of methoxy groups -OCH3 is 2. The predicted octanol–water partition coefficient (Wildman–Crippen LogP) is 3.05. The molecule has 22 heavy (non-hydrogen) atoms. The molecule has 1 aliphatic rings. The van der Waals surface area contributed by atoms with Gasteiger partial charge in [0.25, 0.3) is 0 Å². The number of benzene rings is 1. The lowest BCUT2D eigenvalue weighted by Crippen LogP contribution is -2.52. The van der Waals surface area contributed by atoms with Gasteiger partial charge in [0.2, 0.25) is 0 Å². The third-order valence-corrected chi connectivity index (χ3v) is 4.21. The Morgan fingerprint density at radius 2 is 2.14 bits per heavy atom. The van der Waals surface area contributed by atoms with E-state index in [1.807, 2.05) is 4.90 Å². The molecule has 1 aliphatic heterocycles. The molecular weight excluding hydrogens is 319 g/mol. The summed E-state index contributed by atoms with van der Waals surface area (Å²) in [7, 11) is 2.66. The molecule has 1 heterocycles. The van der Waals surface area contributed by atoms with Gasteiger partial charge in [0.05, 0.1) is 19.1 Å². The number of likely N-dealkylation sites (tertiary alicyclic amines) is 1. The molecule has 0 aliphatic carbocycles. The molecule has 0 N–H and O–H groups in total. The number of alkyl halides is 3. The van der Waals surface area contributed by atoms with Crippen molar-refractivity contribution >= 4 is 17.7 Å². The number of halogens is 3. The summed E-state index contributed by atoms with van der Waals surface area (Å²) in [6.45, 7) is 1.11. The van der Waals surface area contributed by atoms with Gasteiger partial charge in [0.1, 0.15) is 11.8 Å². The van der Waals surface area contributed by atoms with Crippen molar-refractivity contribution in [3.63, 3.8) is 0 Å². The highest BCUT2D eigenvalue weighted by molar-refractivity contribution is 8.00. The number of hydrogen-bond donors (Lipinski definition) is 0. The topological polar surface area (TPSA) is 38.8 Å². The van der Waals surface area contributed by atoms with Crippen molar-refractivity contribution in [2.24, 2.45) is 0 Å². The fraction of sp³-hybridized carbons (Fsp3) is 0.500. The van der Waals surface area contributed by atoms with Crippen LogP contribution in [0, 0.1) is 0 Å². The fourth-order valence-electron chi connectivity index (χ4n) is 2.29. The Bertz CT molecular complexity index is 551. The lowest BCUT2D eigenvalue weighted by molar-refractivity contribution is -0.152. The SMILES string of the molecule is COC(=O)C1CCN1Cc1ccc(OC)c(SC(F)(F)F)c1. The number of carbonyl (C=O) groups is 1. The largest absolute Gasteiger partial charge is 0.496 e. The normalized spacial score (nSPS) is 18.7. The second-order valence-electron chi connectivity index (χ2n) is 4.83. The molecule has 0 aromatic heterocycles. The Morgan fingerprint density at radius 3 is 2.64 bits per heavy atom. The molecule has 1 aromatic rings. The number of thioether (sulfide) groups is 1. The Hall–Kier alpha value is -1.41. The highest BCUT2D eigenvalue weighted by Crippen LogP contribution is 2.42. The molecule has 0 spiro atoms. The van der Waals surface area contributed by atoms with Crippen LogP contribution in [-0.2, 0) is 16.1 Å². The van der Waals surface area contributed by atoms with Crippen LogP contribution in [0.5, 0.6) is 5.75 Å². The first-order valence-corrected chi connectivity index (χ1v) is 7.40. The van der Waals surface area contributed by atoms with Gasteiger partial charge in [-0.25, -0.2) is 0 Å². The van der Waals surface area contributed by atoms with Crippen LogP contribution in [-0.4, -0.2) is 43.2 Å². The zero-order valence-corrected chi connectivity index (χ0v) is 13.0. The van der Waals surface area contributed by atoms with E-state index in [1.54, 1.807) is 6.07 Å². The van der Waals surface area contributed by atoms with E-state index in [0.29, 0.717) is 25.1 Å². The van der Waals surface area contributed by atoms with E-state index in [-0.39, 0.29) is 34.4 Å². The van der Waals surface area contributed by atoms with Crippen LogP contribution in [0.15, 0.2) is 23.1 Å². The lowest BCUT2D eigenvalue weighted by atomic mass is 10.0. The summed E-state index contributed by atoms with van der Waals surface area (Å²) in [5.74, 6) is -0.135. The summed E-state index contributed by atoms with van der Waals surface area (Å²) < 4.78 is 47.4. The first kappa shape index (κ1) is 17.0. The molecule has 1 unspecified atom stereocenters. The number of ether oxygens (including phenoxy) is 2. The summed E-state index contributed by atoms with van der Waals surface area (Å²) in [6, 6.07) is 4.34. The predicted molar refractivity (Wildman–Crippen MR) is 75.7 cm³/mol. The summed E-state index contributed by atoms with van der Waals surface area (Å²) in [5, 5.41) is 0. The van der Waals surface area contributed by atoms with Crippen molar-refractivity contribution in [2.45, 2.75) is 29.4 Å². The first-order valence-electron chi connectivity index (χ1n) is 6.58. The van der Waals surface area contributed by atoms with Crippen molar-refractivity contribution < 1.29 is 27.4 Å². The minimum atomic E-state index is -4.38. The number of nitrogens with zero attached hydrogens (tertiary/aromatic N) is 1.